The van der Waals surface area contributed by atoms with Crippen molar-refractivity contribution in [1.29, 1.82) is 0 Å². The van der Waals surface area contributed by atoms with Crippen LogP contribution in [0.5, 0.6) is 0 Å². The number of hydrogen-bond donors (Lipinski definition) is 2. The minimum atomic E-state index is -0.0243. The number of aromatic amines is 1. The van der Waals surface area contributed by atoms with Crippen LogP contribution in [0.15, 0.2) is 30.3 Å². The number of amides is 1. The highest BCUT2D eigenvalue weighted by Crippen LogP contribution is 2.12. The zero-order valence-corrected chi connectivity index (χ0v) is 9.95. The smallest absolute Gasteiger partial charge is 0.228 e. The molecule has 0 atom stereocenters. The van der Waals surface area contributed by atoms with E-state index in [1.807, 2.05) is 44.2 Å². The number of para-hydroxylation sites is 1. The summed E-state index contributed by atoms with van der Waals surface area (Å²) >= 11 is 0. The summed E-state index contributed by atoms with van der Waals surface area (Å²) in [6, 6.07) is 9.44. The van der Waals surface area contributed by atoms with Crippen molar-refractivity contribution in [2.75, 3.05) is 5.32 Å². The molecule has 1 aromatic heterocycles. The first-order chi connectivity index (χ1) is 8.16. The molecule has 0 radical (unpaired) electrons. The maximum Gasteiger partial charge on any atom is 0.228 e. The lowest BCUT2D eigenvalue weighted by Crippen LogP contribution is -2.15. The SMILES string of the molecule is Cc1n[nH]c(C)c1CC(=O)Nc1ccccc1. The summed E-state index contributed by atoms with van der Waals surface area (Å²) in [5.74, 6) is -0.0243. The topological polar surface area (TPSA) is 57.8 Å². The zero-order valence-electron chi connectivity index (χ0n) is 9.95. The minimum absolute atomic E-state index is 0.0243. The normalized spacial score (nSPS) is 10.2. The van der Waals surface area contributed by atoms with E-state index in [0.29, 0.717) is 6.42 Å². The van der Waals surface area contributed by atoms with Gasteiger partial charge in [-0.05, 0) is 26.0 Å². The summed E-state index contributed by atoms with van der Waals surface area (Å²) in [6.45, 7) is 3.82. The van der Waals surface area contributed by atoms with E-state index in [1.165, 1.54) is 0 Å². The maximum absolute atomic E-state index is 11.8. The standard InChI is InChI=1S/C13H15N3O/c1-9-12(10(2)16-15-9)8-13(17)14-11-6-4-3-5-7-11/h3-7H,8H2,1-2H3,(H,14,17)(H,15,16). The molecule has 0 saturated heterocycles. The molecule has 0 aliphatic heterocycles. The lowest BCUT2D eigenvalue weighted by Gasteiger charge is -2.04. The van der Waals surface area contributed by atoms with Gasteiger partial charge >= 0.3 is 0 Å². The van der Waals surface area contributed by atoms with Crippen LogP contribution in [0.3, 0.4) is 0 Å². The maximum atomic E-state index is 11.8. The number of H-pyrrole nitrogens is 1. The Morgan fingerprint density at radius 3 is 2.59 bits per heavy atom. The van der Waals surface area contributed by atoms with E-state index >= 15 is 0 Å². The average Bonchev–Trinajstić information content (AvgIpc) is 2.62. The fourth-order valence-corrected chi connectivity index (χ4v) is 1.72. The van der Waals surface area contributed by atoms with Gasteiger partial charge in [-0.2, -0.15) is 5.10 Å². The molecule has 0 spiro atoms. The highest BCUT2D eigenvalue weighted by atomic mass is 16.1. The summed E-state index contributed by atoms with van der Waals surface area (Å²) in [4.78, 5) is 11.8. The van der Waals surface area contributed by atoms with E-state index in [4.69, 9.17) is 0 Å². The van der Waals surface area contributed by atoms with Gasteiger partial charge in [-0.1, -0.05) is 18.2 Å². The van der Waals surface area contributed by atoms with Crippen molar-refractivity contribution in [2.45, 2.75) is 20.3 Å². The molecule has 1 amide bonds. The van der Waals surface area contributed by atoms with E-state index in [0.717, 1.165) is 22.6 Å². The molecule has 0 bridgehead atoms. The number of benzene rings is 1. The lowest BCUT2D eigenvalue weighted by atomic mass is 10.1. The van der Waals surface area contributed by atoms with Crippen molar-refractivity contribution in [3.8, 4) is 0 Å². The Labute approximate surface area is 100 Å². The van der Waals surface area contributed by atoms with Gasteiger partial charge in [-0.15, -0.1) is 0 Å². The lowest BCUT2D eigenvalue weighted by molar-refractivity contribution is -0.115. The molecule has 1 aromatic carbocycles. The van der Waals surface area contributed by atoms with Gasteiger partial charge in [0.2, 0.25) is 5.91 Å². The second kappa shape index (κ2) is 4.82. The summed E-state index contributed by atoms with van der Waals surface area (Å²) in [7, 11) is 0. The van der Waals surface area contributed by atoms with E-state index < -0.39 is 0 Å². The van der Waals surface area contributed by atoms with Crippen LogP contribution < -0.4 is 5.32 Å². The number of nitrogens with one attached hydrogen (secondary N) is 2. The number of rotatable bonds is 3. The number of hydrogen-bond acceptors (Lipinski definition) is 2. The van der Waals surface area contributed by atoms with Crippen molar-refractivity contribution < 1.29 is 4.79 Å². The summed E-state index contributed by atoms with van der Waals surface area (Å²) in [5, 5.41) is 9.80. The van der Waals surface area contributed by atoms with E-state index in [1.54, 1.807) is 0 Å². The number of aromatic nitrogens is 2. The van der Waals surface area contributed by atoms with Gasteiger partial charge in [0.05, 0.1) is 12.1 Å². The molecule has 1 heterocycles. The summed E-state index contributed by atoms with van der Waals surface area (Å²) in [6.07, 6.45) is 0.350. The summed E-state index contributed by atoms with van der Waals surface area (Å²) < 4.78 is 0. The largest absolute Gasteiger partial charge is 0.326 e. The third-order valence-corrected chi connectivity index (χ3v) is 2.68. The molecule has 0 unspecified atom stereocenters. The molecule has 17 heavy (non-hydrogen) atoms. The van der Waals surface area contributed by atoms with E-state index in [9.17, 15) is 4.79 Å². The highest BCUT2D eigenvalue weighted by Gasteiger charge is 2.11. The van der Waals surface area contributed by atoms with Crippen molar-refractivity contribution in [3.05, 3.63) is 47.3 Å². The van der Waals surface area contributed by atoms with Crippen LogP contribution in [0.25, 0.3) is 0 Å². The molecule has 0 aliphatic carbocycles. The van der Waals surface area contributed by atoms with Crippen LogP contribution in [-0.4, -0.2) is 16.1 Å². The number of aryl methyl sites for hydroxylation is 2. The van der Waals surface area contributed by atoms with Gasteiger partial charge in [0.1, 0.15) is 0 Å². The quantitative estimate of drug-likeness (QED) is 0.847. The molecule has 4 heteroatoms. The van der Waals surface area contributed by atoms with Crippen LogP contribution in [0.4, 0.5) is 5.69 Å². The van der Waals surface area contributed by atoms with E-state index in [-0.39, 0.29) is 5.91 Å². The van der Waals surface area contributed by atoms with Crippen molar-refractivity contribution in [2.24, 2.45) is 0 Å². The highest BCUT2D eigenvalue weighted by molar-refractivity contribution is 5.92. The van der Waals surface area contributed by atoms with Crippen LogP contribution in [0.2, 0.25) is 0 Å². The minimum Gasteiger partial charge on any atom is -0.326 e. The number of carbonyl (C=O) groups excluding carboxylic acids is 1. The fraction of sp³-hybridized carbons (Fsp3) is 0.231. The van der Waals surface area contributed by atoms with Crippen molar-refractivity contribution in [3.63, 3.8) is 0 Å². The molecule has 2 rings (SSSR count). The molecule has 0 saturated carbocycles. The first-order valence-corrected chi connectivity index (χ1v) is 5.52. The van der Waals surface area contributed by atoms with Gasteiger partial charge in [-0.3, -0.25) is 9.89 Å². The van der Waals surface area contributed by atoms with Crippen molar-refractivity contribution >= 4 is 11.6 Å². The molecule has 0 aliphatic rings. The first kappa shape index (κ1) is 11.4. The molecule has 4 nitrogen and oxygen atoms in total. The van der Waals surface area contributed by atoms with Gasteiger partial charge in [0, 0.05) is 16.9 Å². The Morgan fingerprint density at radius 1 is 1.29 bits per heavy atom. The number of carbonyl (C=O) groups is 1. The third-order valence-electron chi connectivity index (χ3n) is 2.68. The number of nitrogens with zero attached hydrogens (tertiary/aromatic N) is 1. The second-order valence-electron chi connectivity index (χ2n) is 4.00. The van der Waals surface area contributed by atoms with E-state index in [2.05, 4.69) is 15.5 Å². The molecule has 2 aromatic rings. The Bertz CT molecular complexity index is 497. The molecule has 88 valence electrons. The third kappa shape index (κ3) is 2.72. The zero-order chi connectivity index (χ0) is 12.3. The Morgan fingerprint density at radius 2 is 2.00 bits per heavy atom. The van der Waals surface area contributed by atoms with Gasteiger partial charge in [0.25, 0.3) is 0 Å². The monoisotopic (exact) mass is 229 g/mol. The summed E-state index contributed by atoms with van der Waals surface area (Å²) in [5.41, 5.74) is 3.62. The Hall–Kier alpha value is -2.10. The van der Waals surface area contributed by atoms with Crippen molar-refractivity contribution in [1.82, 2.24) is 10.2 Å². The number of anilines is 1. The molecular formula is C13H15N3O. The van der Waals surface area contributed by atoms with Gasteiger partial charge in [-0.25, -0.2) is 0 Å². The van der Waals surface area contributed by atoms with Crippen LogP contribution in [0.1, 0.15) is 17.0 Å². The fourth-order valence-electron chi connectivity index (χ4n) is 1.72. The molecule has 2 N–H and O–H groups in total. The second-order valence-corrected chi connectivity index (χ2v) is 4.00. The predicted octanol–water partition coefficient (Wildman–Crippen LogP) is 2.21. The van der Waals surface area contributed by atoms with Gasteiger partial charge in [0.15, 0.2) is 0 Å². The first-order valence-electron chi connectivity index (χ1n) is 5.52. The van der Waals surface area contributed by atoms with Crippen LogP contribution >= 0.6 is 0 Å². The van der Waals surface area contributed by atoms with Gasteiger partial charge < -0.3 is 5.32 Å². The van der Waals surface area contributed by atoms with Crippen LogP contribution in [0, 0.1) is 13.8 Å². The Kier molecular flexibility index (Phi) is 3.23. The van der Waals surface area contributed by atoms with Crippen LogP contribution in [-0.2, 0) is 11.2 Å². The Balaban J connectivity index is 2.03. The molecular weight excluding hydrogens is 214 g/mol. The average molecular weight is 229 g/mol. The molecule has 0 fully saturated rings. The predicted molar refractivity (Wildman–Crippen MR) is 66.8 cm³/mol.